The Kier molecular flexibility index (Phi) is 4.66. The Morgan fingerprint density at radius 3 is 3.00 bits per heavy atom. The molecule has 2 aromatic heterocycles. The first-order chi connectivity index (χ1) is 12.6. The summed E-state index contributed by atoms with van der Waals surface area (Å²) in [5.74, 6) is 2.43. The van der Waals surface area contributed by atoms with Crippen molar-refractivity contribution in [2.75, 3.05) is 25.0 Å². The Labute approximate surface area is 154 Å². The van der Waals surface area contributed by atoms with Gasteiger partial charge < -0.3 is 10.2 Å². The third-order valence-corrected chi connectivity index (χ3v) is 5.27. The van der Waals surface area contributed by atoms with Gasteiger partial charge in [-0.05, 0) is 42.9 Å². The van der Waals surface area contributed by atoms with Crippen LogP contribution >= 0.6 is 0 Å². The fourth-order valence-corrected chi connectivity index (χ4v) is 3.63. The van der Waals surface area contributed by atoms with E-state index in [9.17, 15) is 4.79 Å². The van der Waals surface area contributed by atoms with Crippen molar-refractivity contribution in [2.45, 2.75) is 39.0 Å². The number of hydrogen-bond acceptors (Lipinski definition) is 4. The van der Waals surface area contributed by atoms with Gasteiger partial charge in [0.05, 0.1) is 6.20 Å². The highest BCUT2D eigenvalue weighted by atomic mass is 16.2. The van der Waals surface area contributed by atoms with Crippen LogP contribution < -0.4 is 5.32 Å². The van der Waals surface area contributed by atoms with E-state index in [0.29, 0.717) is 23.7 Å². The van der Waals surface area contributed by atoms with Gasteiger partial charge in [-0.1, -0.05) is 13.8 Å². The Morgan fingerprint density at radius 2 is 2.23 bits per heavy atom. The highest BCUT2D eigenvalue weighted by Crippen LogP contribution is 2.37. The van der Waals surface area contributed by atoms with Gasteiger partial charge in [0.25, 0.3) is 0 Å². The molecule has 26 heavy (non-hydrogen) atoms. The van der Waals surface area contributed by atoms with E-state index in [0.717, 1.165) is 61.5 Å². The van der Waals surface area contributed by atoms with Crippen LogP contribution in [0.5, 0.6) is 0 Å². The van der Waals surface area contributed by atoms with Crippen LogP contribution in [0.15, 0.2) is 24.5 Å². The van der Waals surface area contributed by atoms with Crippen LogP contribution in [0.1, 0.15) is 44.7 Å². The van der Waals surface area contributed by atoms with Gasteiger partial charge >= 0.3 is 0 Å². The van der Waals surface area contributed by atoms with Crippen LogP contribution in [0.3, 0.4) is 0 Å². The number of aromatic nitrogens is 3. The van der Waals surface area contributed by atoms with Gasteiger partial charge in [0.1, 0.15) is 5.82 Å². The van der Waals surface area contributed by atoms with Crippen LogP contribution in [-0.4, -0.2) is 45.6 Å². The van der Waals surface area contributed by atoms with Crippen molar-refractivity contribution in [3.8, 4) is 11.1 Å². The summed E-state index contributed by atoms with van der Waals surface area (Å²) in [5, 5.41) is 10.9. The van der Waals surface area contributed by atoms with Crippen LogP contribution in [0.4, 0.5) is 5.82 Å². The minimum absolute atomic E-state index is 0.296. The number of carbonyl (C=O) groups is 1. The van der Waals surface area contributed by atoms with Crippen molar-refractivity contribution < 1.29 is 4.79 Å². The average molecular weight is 353 g/mol. The Morgan fingerprint density at radius 1 is 1.38 bits per heavy atom. The smallest absolute Gasteiger partial charge is 0.225 e. The molecule has 1 aliphatic heterocycles. The van der Waals surface area contributed by atoms with Crippen LogP contribution in [0.25, 0.3) is 11.1 Å². The number of hydrogen-bond donors (Lipinski definition) is 2. The minimum Gasteiger partial charge on any atom is -0.370 e. The summed E-state index contributed by atoms with van der Waals surface area (Å²) in [4.78, 5) is 18.8. The van der Waals surface area contributed by atoms with Gasteiger partial charge in [-0.2, -0.15) is 5.10 Å². The molecule has 1 saturated carbocycles. The molecule has 0 unspecified atom stereocenters. The van der Waals surface area contributed by atoms with Crippen molar-refractivity contribution in [1.29, 1.82) is 0 Å². The van der Waals surface area contributed by atoms with Crippen molar-refractivity contribution in [3.63, 3.8) is 0 Å². The molecule has 2 N–H and O–H groups in total. The molecule has 0 aromatic carbocycles. The van der Waals surface area contributed by atoms with E-state index in [1.165, 1.54) is 0 Å². The zero-order chi connectivity index (χ0) is 18.1. The molecule has 0 bridgehead atoms. The van der Waals surface area contributed by atoms with Crippen molar-refractivity contribution in [1.82, 2.24) is 20.1 Å². The molecule has 1 saturated heterocycles. The van der Waals surface area contributed by atoms with E-state index in [-0.39, 0.29) is 0 Å². The molecule has 0 spiro atoms. The van der Waals surface area contributed by atoms with E-state index < -0.39 is 0 Å². The van der Waals surface area contributed by atoms with Gasteiger partial charge in [0, 0.05) is 48.9 Å². The van der Waals surface area contributed by atoms with Gasteiger partial charge in [-0.3, -0.25) is 9.89 Å². The molecule has 138 valence electrons. The molecular weight excluding hydrogens is 326 g/mol. The molecule has 3 heterocycles. The summed E-state index contributed by atoms with van der Waals surface area (Å²) >= 11 is 0. The predicted octanol–water partition coefficient (Wildman–Crippen LogP) is 3.27. The summed E-state index contributed by atoms with van der Waals surface area (Å²) in [6.07, 6.45) is 6.86. The van der Waals surface area contributed by atoms with Crippen molar-refractivity contribution >= 4 is 11.7 Å². The molecule has 1 aliphatic carbocycles. The van der Waals surface area contributed by atoms with Gasteiger partial charge in [-0.25, -0.2) is 4.98 Å². The van der Waals surface area contributed by atoms with E-state index in [2.05, 4.69) is 40.4 Å². The number of pyridine rings is 1. The van der Waals surface area contributed by atoms with E-state index in [1.54, 1.807) is 0 Å². The molecule has 2 aromatic rings. The summed E-state index contributed by atoms with van der Waals surface area (Å²) < 4.78 is 0. The zero-order valence-corrected chi connectivity index (χ0v) is 15.5. The molecule has 6 heteroatoms. The second kappa shape index (κ2) is 7.09. The van der Waals surface area contributed by atoms with Crippen molar-refractivity contribution in [3.05, 3.63) is 30.2 Å². The Bertz CT molecular complexity index is 780. The fraction of sp³-hybridized carbons (Fsp3) is 0.550. The number of aromatic amines is 1. The largest absolute Gasteiger partial charge is 0.370 e. The number of nitrogens with one attached hydrogen (secondary N) is 2. The average Bonchev–Trinajstić information content (AvgIpc) is 3.17. The topological polar surface area (TPSA) is 73.9 Å². The summed E-state index contributed by atoms with van der Waals surface area (Å²) in [5.41, 5.74) is 3.37. The molecule has 2 fully saturated rings. The van der Waals surface area contributed by atoms with Crippen LogP contribution in [0.2, 0.25) is 0 Å². The maximum absolute atomic E-state index is 12.3. The first-order valence-electron chi connectivity index (χ1n) is 9.64. The number of rotatable bonds is 6. The van der Waals surface area contributed by atoms with Crippen molar-refractivity contribution in [2.24, 2.45) is 11.8 Å². The Hall–Kier alpha value is -2.37. The first-order valence-corrected chi connectivity index (χ1v) is 9.64. The fourth-order valence-electron chi connectivity index (χ4n) is 3.63. The zero-order valence-electron chi connectivity index (χ0n) is 15.5. The van der Waals surface area contributed by atoms with E-state index in [4.69, 9.17) is 0 Å². The normalized spacial score (nSPS) is 20.0. The monoisotopic (exact) mass is 353 g/mol. The lowest BCUT2D eigenvalue weighted by Gasteiger charge is -2.16. The minimum atomic E-state index is 0.296. The second-order valence-corrected chi connectivity index (χ2v) is 7.95. The molecule has 0 radical (unpaired) electrons. The molecular formula is C20H27N5O. The Balaban J connectivity index is 1.50. The number of nitrogens with zero attached hydrogens (tertiary/aromatic N) is 3. The lowest BCUT2D eigenvalue weighted by Crippen LogP contribution is -2.29. The number of amides is 1. The standard InChI is InChI=1S/C20H27N5O/c1-13(2)10-22-18-9-15(5-7-21-18)17-11-23-24-19(17)16-6-8-25(12-16)20(26)14-3-4-14/h5,7,9,11,13-14,16H,3-4,6,8,10,12H2,1-2H3,(H,21,22)(H,23,24)/t16-/m0/s1. The molecule has 4 rings (SSSR count). The number of anilines is 1. The third-order valence-electron chi connectivity index (χ3n) is 5.27. The summed E-state index contributed by atoms with van der Waals surface area (Å²) in [6, 6.07) is 4.11. The molecule has 1 amide bonds. The summed E-state index contributed by atoms with van der Waals surface area (Å²) in [7, 11) is 0. The third kappa shape index (κ3) is 3.59. The predicted molar refractivity (Wildman–Crippen MR) is 102 cm³/mol. The number of likely N-dealkylation sites (tertiary alicyclic amines) is 1. The molecule has 1 atom stereocenters. The quantitative estimate of drug-likeness (QED) is 0.836. The SMILES string of the molecule is CC(C)CNc1cc(-c2cn[nH]c2[C@H]2CCN(C(=O)C3CC3)C2)ccn1. The van der Waals surface area contributed by atoms with E-state index in [1.807, 2.05) is 23.4 Å². The first kappa shape index (κ1) is 17.1. The highest BCUT2D eigenvalue weighted by molar-refractivity contribution is 5.81. The second-order valence-electron chi connectivity index (χ2n) is 7.95. The number of H-pyrrole nitrogens is 1. The lowest BCUT2D eigenvalue weighted by molar-refractivity contribution is -0.131. The molecule has 6 nitrogen and oxygen atoms in total. The maximum Gasteiger partial charge on any atom is 0.225 e. The molecule has 2 aliphatic rings. The van der Waals surface area contributed by atoms with E-state index >= 15 is 0 Å². The number of carbonyl (C=O) groups excluding carboxylic acids is 1. The van der Waals surface area contributed by atoms with Crippen LogP contribution in [0, 0.1) is 11.8 Å². The van der Waals surface area contributed by atoms with Gasteiger partial charge in [0.2, 0.25) is 5.91 Å². The van der Waals surface area contributed by atoms with Gasteiger partial charge in [-0.15, -0.1) is 0 Å². The lowest BCUT2D eigenvalue weighted by atomic mass is 9.97. The maximum atomic E-state index is 12.3. The van der Waals surface area contributed by atoms with Crippen LogP contribution in [-0.2, 0) is 4.79 Å². The van der Waals surface area contributed by atoms with Gasteiger partial charge in [0.15, 0.2) is 0 Å². The summed E-state index contributed by atoms with van der Waals surface area (Å²) in [6.45, 7) is 6.92. The highest BCUT2D eigenvalue weighted by Gasteiger charge is 2.37.